The molecule has 2 nitrogen and oxygen atoms in total. The number of aliphatic hydroxyl groups is 1. The summed E-state index contributed by atoms with van der Waals surface area (Å²) in [5.41, 5.74) is 0. The first-order valence-electron chi connectivity index (χ1n) is 6.37. The molecule has 2 aliphatic carbocycles. The number of rotatable bonds is 7. The van der Waals surface area contributed by atoms with Gasteiger partial charge in [-0.2, -0.15) is 11.8 Å². The lowest BCUT2D eigenvalue weighted by atomic mass is 10.2. The second kappa shape index (κ2) is 6.12. The fourth-order valence-corrected chi connectivity index (χ4v) is 3.66. The zero-order valence-electron chi connectivity index (χ0n) is 9.45. The van der Waals surface area contributed by atoms with Crippen LogP contribution in [0.1, 0.15) is 44.9 Å². The molecule has 88 valence electrons. The average molecular weight is 229 g/mol. The minimum absolute atomic E-state index is 0.307. The van der Waals surface area contributed by atoms with Crippen molar-refractivity contribution in [2.75, 3.05) is 12.4 Å². The van der Waals surface area contributed by atoms with Crippen LogP contribution in [0.2, 0.25) is 0 Å². The van der Waals surface area contributed by atoms with E-state index in [9.17, 15) is 5.11 Å². The van der Waals surface area contributed by atoms with E-state index >= 15 is 0 Å². The summed E-state index contributed by atoms with van der Waals surface area (Å²) >= 11 is 2.12. The molecule has 0 bridgehead atoms. The maximum absolute atomic E-state index is 9.22. The molecule has 0 aromatic rings. The second-order valence-electron chi connectivity index (χ2n) is 4.89. The van der Waals surface area contributed by atoms with Gasteiger partial charge in [0.05, 0.1) is 6.61 Å². The molecule has 1 unspecified atom stereocenters. The van der Waals surface area contributed by atoms with E-state index in [-0.39, 0.29) is 0 Å². The van der Waals surface area contributed by atoms with Gasteiger partial charge in [0.2, 0.25) is 0 Å². The Balaban J connectivity index is 1.53. The monoisotopic (exact) mass is 229 g/mol. The van der Waals surface area contributed by atoms with Crippen LogP contribution >= 0.6 is 11.8 Å². The van der Waals surface area contributed by atoms with E-state index in [1.165, 1.54) is 44.3 Å². The summed E-state index contributed by atoms with van der Waals surface area (Å²) < 4.78 is 0. The molecule has 0 saturated heterocycles. The van der Waals surface area contributed by atoms with Crippen molar-refractivity contribution in [3.05, 3.63) is 0 Å². The molecule has 3 heteroatoms. The van der Waals surface area contributed by atoms with Crippen LogP contribution in [-0.4, -0.2) is 34.8 Å². The Kier molecular flexibility index (Phi) is 4.79. The summed E-state index contributed by atoms with van der Waals surface area (Å²) in [6.45, 7) is 0.307. The molecule has 2 aliphatic rings. The van der Waals surface area contributed by atoms with E-state index in [1.54, 1.807) is 0 Å². The standard InChI is InChI=1S/C12H23NOS/c14-9-11(13-10-5-6-10)7-8-15-12-3-1-2-4-12/h10-14H,1-9H2. The molecule has 15 heavy (non-hydrogen) atoms. The number of hydrogen-bond donors (Lipinski definition) is 2. The largest absolute Gasteiger partial charge is 0.395 e. The fraction of sp³-hybridized carbons (Fsp3) is 1.00. The molecule has 0 aliphatic heterocycles. The van der Waals surface area contributed by atoms with Gasteiger partial charge in [0, 0.05) is 17.3 Å². The van der Waals surface area contributed by atoms with Crippen LogP contribution in [-0.2, 0) is 0 Å². The third kappa shape index (κ3) is 4.33. The first kappa shape index (κ1) is 11.7. The summed E-state index contributed by atoms with van der Waals surface area (Å²) in [6.07, 6.45) is 9.46. The van der Waals surface area contributed by atoms with Crippen molar-refractivity contribution in [3.8, 4) is 0 Å². The average Bonchev–Trinajstić information content (AvgIpc) is 2.91. The predicted octanol–water partition coefficient (Wildman–Crippen LogP) is 2.17. The van der Waals surface area contributed by atoms with E-state index in [1.807, 2.05) is 0 Å². The van der Waals surface area contributed by atoms with Gasteiger partial charge in [-0.05, 0) is 37.9 Å². The van der Waals surface area contributed by atoms with Gasteiger partial charge in [-0.25, -0.2) is 0 Å². The Morgan fingerprint density at radius 3 is 2.53 bits per heavy atom. The maximum Gasteiger partial charge on any atom is 0.0585 e. The van der Waals surface area contributed by atoms with Gasteiger partial charge in [-0.1, -0.05) is 12.8 Å². The van der Waals surface area contributed by atoms with Crippen molar-refractivity contribution in [3.63, 3.8) is 0 Å². The lowest BCUT2D eigenvalue weighted by Crippen LogP contribution is -2.34. The molecule has 0 aromatic heterocycles. The van der Waals surface area contributed by atoms with Gasteiger partial charge in [0.15, 0.2) is 0 Å². The minimum atomic E-state index is 0.307. The second-order valence-corrected chi connectivity index (χ2v) is 6.29. The first-order valence-corrected chi connectivity index (χ1v) is 7.42. The summed E-state index contributed by atoms with van der Waals surface area (Å²) in [6, 6.07) is 1.07. The topological polar surface area (TPSA) is 32.3 Å². The lowest BCUT2D eigenvalue weighted by molar-refractivity contribution is 0.238. The quantitative estimate of drug-likeness (QED) is 0.702. The Morgan fingerprint density at radius 1 is 1.20 bits per heavy atom. The van der Waals surface area contributed by atoms with Crippen LogP contribution in [0.15, 0.2) is 0 Å². The minimum Gasteiger partial charge on any atom is -0.395 e. The van der Waals surface area contributed by atoms with Gasteiger partial charge in [0.1, 0.15) is 0 Å². The molecule has 0 amide bonds. The van der Waals surface area contributed by atoms with Crippen molar-refractivity contribution < 1.29 is 5.11 Å². The van der Waals surface area contributed by atoms with Gasteiger partial charge in [0.25, 0.3) is 0 Å². The molecule has 2 rings (SSSR count). The zero-order valence-corrected chi connectivity index (χ0v) is 10.3. The highest BCUT2D eigenvalue weighted by molar-refractivity contribution is 7.99. The molecular formula is C12H23NOS. The molecule has 0 spiro atoms. The normalized spacial score (nSPS) is 24.6. The summed E-state index contributed by atoms with van der Waals surface area (Å²) in [5.74, 6) is 1.22. The van der Waals surface area contributed by atoms with Crippen LogP contribution < -0.4 is 5.32 Å². The van der Waals surface area contributed by atoms with Crippen molar-refractivity contribution in [1.29, 1.82) is 0 Å². The van der Waals surface area contributed by atoms with Crippen molar-refractivity contribution in [1.82, 2.24) is 5.32 Å². The molecule has 0 aromatic carbocycles. The number of thioether (sulfide) groups is 1. The van der Waals surface area contributed by atoms with Crippen LogP contribution in [0.5, 0.6) is 0 Å². The van der Waals surface area contributed by atoms with E-state index in [0.29, 0.717) is 12.6 Å². The number of aliphatic hydroxyl groups excluding tert-OH is 1. The van der Waals surface area contributed by atoms with E-state index in [2.05, 4.69) is 17.1 Å². The molecule has 2 saturated carbocycles. The third-order valence-corrected chi connectivity index (χ3v) is 4.81. The number of hydrogen-bond acceptors (Lipinski definition) is 3. The molecule has 0 heterocycles. The van der Waals surface area contributed by atoms with Gasteiger partial charge in [-0.3, -0.25) is 0 Å². The van der Waals surface area contributed by atoms with E-state index in [0.717, 1.165) is 17.7 Å². The molecular weight excluding hydrogens is 206 g/mol. The van der Waals surface area contributed by atoms with Crippen LogP contribution in [0, 0.1) is 0 Å². The van der Waals surface area contributed by atoms with E-state index < -0.39 is 0 Å². The van der Waals surface area contributed by atoms with Crippen LogP contribution in [0.3, 0.4) is 0 Å². The van der Waals surface area contributed by atoms with E-state index in [4.69, 9.17) is 0 Å². The van der Waals surface area contributed by atoms with Crippen molar-refractivity contribution >= 4 is 11.8 Å². The Labute approximate surface area is 97.2 Å². The van der Waals surface area contributed by atoms with Crippen molar-refractivity contribution in [2.45, 2.75) is 62.3 Å². The number of nitrogens with one attached hydrogen (secondary N) is 1. The van der Waals surface area contributed by atoms with Crippen LogP contribution in [0.25, 0.3) is 0 Å². The molecule has 1 atom stereocenters. The maximum atomic E-state index is 9.22. The Morgan fingerprint density at radius 2 is 1.93 bits per heavy atom. The van der Waals surface area contributed by atoms with Gasteiger partial charge < -0.3 is 10.4 Å². The highest BCUT2D eigenvalue weighted by Gasteiger charge is 2.24. The lowest BCUT2D eigenvalue weighted by Gasteiger charge is -2.16. The Bertz CT molecular complexity index is 178. The summed E-state index contributed by atoms with van der Waals surface area (Å²) in [4.78, 5) is 0. The SMILES string of the molecule is OCC(CCSC1CCCC1)NC1CC1. The smallest absolute Gasteiger partial charge is 0.0585 e. The third-order valence-electron chi connectivity index (χ3n) is 3.39. The summed E-state index contributed by atoms with van der Waals surface area (Å²) in [7, 11) is 0. The van der Waals surface area contributed by atoms with Gasteiger partial charge in [-0.15, -0.1) is 0 Å². The highest BCUT2D eigenvalue weighted by Crippen LogP contribution is 2.30. The highest BCUT2D eigenvalue weighted by atomic mass is 32.2. The Hall–Kier alpha value is 0.270. The molecule has 2 N–H and O–H groups in total. The zero-order chi connectivity index (χ0) is 10.5. The first-order chi connectivity index (χ1) is 7.38. The van der Waals surface area contributed by atoms with Gasteiger partial charge >= 0.3 is 0 Å². The fourth-order valence-electron chi connectivity index (χ4n) is 2.24. The molecule has 0 radical (unpaired) electrons. The van der Waals surface area contributed by atoms with Crippen LogP contribution in [0.4, 0.5) is 0 Å². The predicted molar refractivity (Wildman–Crippen MR) is 66.4 cm³/mol. The summed E-state index contributed by atoms with van der Waals surface area (Å²) in [5, 5.41) is 13.6. The molecule has 2 fully saturated rings. The van der Waals surface area contributed by atoms with Crippen molar-refractivity contribution in [2.24, 2.45) is 0 Å².